The van der Waals surface area contributed by atoms with Crippen molar-refractivity contribution >= 4 is 24.6 Å². The van der Waals surface area contributed by atoms with Gasteiger partial charge in [0.25, 0.3) is 0 Å². The van der Waals surface area contributed by atoms with Crippen LogP contribution in [0.2, 0.25) is 0 Å². The van der Waals surface area contributed by atoms with Crippen molar-refractivity contribution in [1.29, 1.82) is 0 Å². The largest absolute Gasteiger partial charge is 0.466 e. The highest BCUT2D eigenvalue weighted by Crippen LogP contribution is 2.36. The molecule has 0 saturated heterocycles. The van der Waals surface area contributed by atoms with Crippen LogP contribution in [0, 0.1) is 17.8 Å². The van der Waals surface area contributed by atoms with E-state index >= 15 is 0 Å². The summed E-state index contributed by atoms with van der Waals surface area (Å²) in [5.41, 5.74) is -0.706. The van der Waals surface area contributed by atoms with Gasteiger partial charge in [0.15, 0.2) is 0 Å². The lowest BCUT2D eigenvalue weighted by molar-refractivity contribution is -0.151. The first kappa shape index (κ1) is 18.1. The molecular formula is C15H23NO6. The predicted molar refractivity (Wildman–Crippen MR) is 77.0 cm³/mol. The monoisotopic (exact) mass is 313 g/mol. The summed E-state index contributed by atoms with van der Waals surface area (Å²) in [5, 5.41) is 2.54. The maximum atomic E-state index is 12.1. The summed E-state index contributed by atoms with van der Waals surface area (Å²) >= 11 is 0. The maximum Gasteiger partial charge on any atom is 0.407 e. The van der Waals surface area contributed by atoms with Gasteiger partial charge in [-0.25, -0.2) is 4.79 Å². The molecule has 0 spiro atoms. The molecule has 1 fully saturated rings. The fourth-order valence-corrected chi connectivity index (χ4v) is 2.62. The Bertz CT molecular complexity index is 442. The molecule has 22 heavy (non-hydrogen) atoms. The molecule has 1 aliphatic carbocycles. The van der Waals surface area contributed by atoms with Crippen molar-refractivity contribution in [1.82, 2.24) is 5.32 Å². The molecule has 1 saturated carbocycles. The average Bonchev–Trinajstić information content (AvgIpc) is 2.74. The van der Waals surface area contributed by atoms with Crippen molar-refractivity contribution in [2.45, 2.75) is 45.8 Å². The summed E-state index contributed by atoms with van der Waals surface area (Å²) in [6.07, 6.45) is 0.758. The fourth-order valence-electron chi connectivity index (χ4n) is 2.62. The van der Waals surface area contributed by atoms with Crippen LogP contribution in [0.4, 0.5) is 4.79 Å². The first-order valence-corrected chi connectivity index (χ1v) is 7.30. The number of rotatable bonds is 5. The topological polar surface area (TPSA) is 98.8 Å². The summed E-state index contributed by atoms with van der Waals surface area (Å²) in [6.45, 7) is 6.92. The molecule has 7 heteroatoms. The third-order valence-corrected chi connectivity index (χ3v) is 3.45. The Kier molecular flexibility index (Phi) is 6.08. The molecule has 1 rings (SSSR count). The maximum absolute atomic E-state index is 12.1. The molecule has 0 heterocycles. The van der Waals surface area contributed by atoms with Crippen molar-refractivity contribution in [2.75, 3.05) is 6.61 Å². The molecule has 0 aromatic carbocycles. The molecule has 0 radical (unpaired) electrons. The van der Waals surface area contributed by atoms with E-state index < -0.39 is 41.5 Å². The number of alkyl carbamates (subject to hydrolysis) is 1. The average molecular weight is 313 g/mol. The fraction of sp³-hybridized carbons (Fsp3) is 0.733. The van der Waals surface area contributed by atoms with Crippen LogP contribution < -0.4 is 5.32 Å². The van der Waals surface area contributed by atoms with Crippen molar-refractivity contribution in [3.05, 3.63) is 0 Å². The quantitative estimate of drug-likeness (QED) is 0.602. The number of carbonyl (C=O) groups is 4. The summed E-state index contributed by atoms with van der Waals surface area (Å²) < 4.78 is 10.1. The highest BCUT2D eigenvalue weighted by molar-refractivity contribution is 5.81. The van der Waals surface area contributed by atoms with Gasteiger partial charge in [0.2, 0.25) is 0 Å². The molecule has 124 valence electrons. The van der Waals surface area contributed by atoms with Crippen molar-refractivity contribution in [3.63, 3.8) is 0 Å². The SMILES string of the molecule is CCOC(=O)C1C(C=O)CC(C=O)C1NC(=O)OC(C)(C)C. The third-order valence-electron chi connectivity index (χ3n) is 3.45. The highest BCUT2D eigenvalue weighted by Gasteiger charge is 2.49. The van der Waals surface area contributed by atoms with Gasteiger partial charge in [-0.05, 0) is 34.1 Å². The molecule has 0 aromatic heterocycles. The summed E-state index contributed by atoms with van der Waals surface area (Å²) in [7, 11) is 0. The Morgan fingerprint density at radius 2 is 1.77 bits per heavy atom. The van der Waals surface area contributed by atoms with Crippen molar-refractivity contribution in [2.24, 2.45) is 17.8 Å². The Labute approximate surface area is 129 Å². The van der Waals surface area contributed by atoms with Gasteiger partial charge in [-0.15, -0.1) is 0 Å². The number of nitrogens with one attached hydrogen (secondary N) is 1. The number of aldehydes is 2. The van der Waals surface area contributed by atoms with Crippen LogP contribution >= 0.6 is 0 Å². The van der Waals surface area contributed by atoms with Crippen LogP contribution in [0.5, 0.6) is 0 Å². The predicted octanol–water partition coefficient (Wildman–Crippen LogP) is 1.09. The van der Waals surface area contributed by atoms with Gasteiger partial charge in [0.1, 0.15) is 18.2 Å². The zero-order chi connectivity index (χ0) is 16.9. The van der Waals surface area contributed by atoms with Gasteiger partial charge in [0.05, 0.1) is 18.6 Å². The second kappa shape index (κ2) is 7.38. The van der Waals surface area contributed by atoms with Crippen LogP contribution in [0.15, 0.2) is 0 Å². The Hall–Kier alpha value is -1.92. The Balaban J connectivity index is 2.93. The van der Waals surface area contributed by atoms with Crippen molar-refractivity contribution < 1.29 is 28.7 Å². The normalized spacial score (nSPS) is 27.8. The minimum atomic E-state index is -0.875. The van der Waals surface area contributed by atoms with E-state index in [4.69, 9.17) is 9.47 Å². The van der Waals surface area contributed by atoms with E-state index in [1.165, 1.54) is 0 Å². The lowest BCUT2D eigenvalue weighted by Gasteiger charge is -2.26. The standard InChI is InChI=1S/C15H23NO6/c1-5-21-13(19)11-9(7-17)6-10(8-18)12(11)16-14(20)22-15(2,3)4/h7-12H,5-6H2,1-4H3,(H,16,20). The second-order valence-electron chi connectivity index (χ2n) is 6.29. The van der Waals surface area contributed by atoms with E-state index in [1.54, 1.807) is 27.7 Å². The smallest absolute Gasteiger partial charge is 0.407 e. The number of amides is 1. The van der Waals surface area contributed by atoms with Gasteiger partial charge in [-0.2, -0.15) is 0 Å². The van der Waals surface area contributed by atoms with E-state index in [-0.39, 0.29) is 13.0 Å². The Morgan fingerprint density at radius 3 is 2.23 bits per heavy atom. The Morgan fingerprint density at radius 1 is 1.18 bits per heavy atom. The number of hydrogen-bond acceptors (Lipinski definition) is 6. The molecule has 0 aliphatic heterocycles. The van der Waals surface area contributed by atoms with Gasteiger partial charge >= 0.3 is 12.1 Å². The zero-order valence-corrected chi connectivity index (χ0v) is 13.3. The molecule has 0 bridgehead atoms. The van der Waals surface area contributed by atoms with Gasteiger partial charge in [-0.3, -0.25) is 4.79 Å². The first-order chi connectivity index (χ1) is 10.2. The van der Waals surface area contributed by atoms with Crippen LogP contribution in [-0.2, 0) is 23.9 Å². The number of carbonyl (C=O) groups excluding carboxylic acids is 4. The lowest BCUT2D eigenvalue weighted by Crippen LogP contribution is -2.47. The van der Waals surface area contributed by atoms with Crippen LogP contribution in [0.1, 0.15) is 34.1 Å². The molecular weight excluding hydrogens is 290 g/mol. The number of esters is 1. The summed E-state index contributed by atoms with van der Waals surface area (Å²) in [5.74, 6) is -2.75. The molecule has 1 aliphatic rings. The van der Waals surface area contributed by atoms with E-state index in [0.29, 0.717) is 12.6 Å². The van der Waals surface area contributed by atoms with E-state index in [1.807, 2.05) is 0 Å². The molecule has 4 atom stereocenters. The van der Waals surface area contributed by atoms with E-state index in [9.17, 15) is 19.2 Å². The zero-order valence-electron chi connectivity index (χ0n) is 13.3. The number of hydrogen-bond donors (Lipinski definition) is 1. The molecule has 0 aromatic rings. The van der Waals surface area contributed by atoms with Crippen molar-refractivity contribution in [3.8, 4) is 0 Å². The van der Waals surface area contributed by atoms with Crippen LogP contribution in [-0.4, -0.2) is 42.9 Å². The molecule has 1 N–H and O–H groups in total. The number of ether oxygens (including phenoxy) is 2. The highest BCUT2D eigenvalue weighted by atomic mass is 16.6. The summed E-state index contributed by atoms with van der Waals surface area (Å²) in [6, 6.07) is -0.804. The minimum Gasteiger partial charge on any atom is -0.466 e. The second-order valence-corrected chi connectivity index (χ2v) is 6.29. The van der Waals surface area contributed by atoms with Crippen LogP contribution in [0.3, 0.4) is 0 Å². The lowest BCUT2D eigenvalue weighted by atomic mass is 9.94. The summed E-state index contributed by atoms with van der Waals surface area (Å²) in [4.78, 5) is 46.4. The van der Waals surface area contributed by atoms with Gasteiger partial charge in [-0.1, -0.05) is 0 Å². The minimum absolute atomic E-state index is 0.159. The first-order valence-electron chi connectivity index (χ1n) is 7.30. The molecule has 4 unspecified atom stereocenters. The molecule has 7 nitrogen and oxygen atoms in total. The van der Waals surface area contributed by atoms with Gasteiger partial charge < -0.3 is 24.4 Å². The van der Waals surface area contributed by atoms with E-state index in [2.05, 4.69) is 5.32 Å². The van der Waals surface area contributed by atoms with E-state index in [0.717, 1.165) is 0 Å². The third kappa shape index (κ3) is 4.54. The van der Waals surface area contributed by atoms with Gasteiger partial charge in [0, 0.05) is 11.8 Å². The molecule has 1 amide bonds. The van der Waals surface area contributed by atoms with Crippen LogP contribution in [0.25, 0.3) is 0 Å².